The predicted molar refractivity (Wildman–Crippen MR) is 156 cm³/mol. The summed E-state index contributed by atoms with van der Waals surface area (Å²) in [6.07, 6.45) is -18.2. The lowest BCUT2D eigenvalue weighted by atomic mass is 9.84. The van der Waals surface area contributed by atoms with E-state index >= 15 is 0 Å². The molecule has 0 aromatic heterocycles. The summed E-state index contributed by atoms with van der Waals surface area (Å²) in [7, 11) is 2.55. The molecule has 0 bridgehead atoms. The first-order valence-corrected chi connectivity index (χ1v) is 15.9. The van der Waals surface area contributed by atoms with Crippen LogP contribution in [0, 0.1) is 0 Å². The van der Waals surface area contributed by atoms with Crippen LogP contribution in [0.2, 0.25) is 0 Å². The average molecular weight is 661 g/mol. The summed E-state index contributed by atoms with van der Waals surface area (Å²) in [6.45, 7) is 0.407. The Labute approximate surface area is 259 Å². The Balaban J connectivity index is 1.47. The van der Waals surface area contributed by atoms with Crippen LogP contribution in [0.4, 0.5) is 0 Å². The van der Waals surface area contributed by atoms with Crippen LogP contribution in [-0.4, -0.2) is 143 Å². The lowest BCUT2D eigenvalue weighted by Crippen LogP contribution is -2.69. The summed E-state index contributed by atoms with van der Waals surface area (Å²) < 4.78 is 11.1. The monoisotopic (exact) mass is 660 g/mol. The Morgan fingerprint density at radius 2 is 1.50 bits per heavy atom. The van der Waals surface area contributed by atoms with Crippen molar-refractivity contribution in [3.63, 3.8) is 0 Å². The second kappa shape index (κ2) is 14.9. The minimum absolute atomic E-state index is 0.0387. The van der Waals surface area contributed by atoms with Crippen molar-refractivity contribution in [1.82, 2.24) is 10.6 Å². The molecule has 1 saturated carbocycles. The first kappa shape index (κ1) is 34.6. The number of carbonyl (C=O) groups is 2. The quantitative estimate of drug-likeness (QED) is 0.113. The average Bonchev–Trinajstić information content (AvgIpc) is 2.99. The van der Waals surface area contributed by atoms with Crippen molar-refractivity contribution in [3.8, 4) is 5.75 Å². The van der Waals surface area contributed by atoms with E-state index in [-0.39, 0.29) is 11.5 Å². The van der Waals surface area contributed by atoms with Gasteiger partial charge in [-0.1, -0.05) is 33.7 Å². The molecule has 0 spiro atoms. The molecule has 2 amide bonds. The van der Waals surface area contributed by atoms with E-state index in [1.165, 1.54) is 28.5 Å². The van der Waals surface area contributed by atoms with Crippen LogP contribution < -0.4 is 10.6 Å². The van der Waals surface area contributed by atoms with E-state index in [1.54, 1.807) is 18.2 Å². The van der Waals surface area contributed by atoms with Crippen molar-refractivity contribution in [3.05, 3.63) is 36.4 Å². The van der Waals surface area contributed by atoms with E-state index in [0.717, 1.165) is 15.7 Å². The molecule has 1 heterocycles. The molecule has 244 valence electrons. The predicted octanol–water partition coefficient (Wildman–Crippen LogP) is -3.08. The summed E-state index contributed by atoms with van der Waals surface area (Å²) in [5.41, 5.74) is 0. The molecule has 15 nitrogen and oxygen atoms in total. The number of carbonyl (C=O) groups excluding carboxylic acids is 2. The molecule has 0 radical (unpaired) electrons. The zero-order chi connectivity index (χ0) is 32.3. The van der Waals surface area contributed by atoms with Gasteiger partial charge in [0.1, 0.15) is 72.8 Å². The number of ether oxygens (including phenoxy) is 2. The molecule has 11 N–H and O–H groups in total. The summed E-state index contributed by atoms with van der Waals surface area (Å²) in [5, 5.41) is 98.1. The number of nitrogens with one attached hydrogen (secondary N) is 2. The number of hydrogen-bond donors (Lipinski definition) is 11. The van der Waals surface area contributed by atoms with Crippen LogP contribution in [-0.2, 0) is 19.1 Å². The third-order valence-electron chi connectivity index (χ3n) is 7.43. The molecule has 2 aromatic rings. The SMILES string of the molecule is CC(=O)N[C@@H](CSSc1ccc2cc(O)ccc2c1)C(=O)NC1[C@@H](OC2[C@H](O)[C@H](O)C(O)[C@@H](O)[C@H]2O)O[C@H](CO)[C@@H](O)[C@@H]1O. The highest BCUT2D eigenvalue weighted by atomic mass is 33.1. The number of phenols is 1. The van der Waals surface area contributed by atoms with E-state index in [1.807, 2.05) is 18.2 Å². The second-order valence-corrected chi connectivity index (χ2v) is 13.0. The van der Waals surface area contributed by atoms with Crippen LogP contribution in [0.25, 0.3) is 10.8 Å². The van der Waals surface area contributed by atoms with E-state index in [2.05, 4.69) is 10.6 Å². The standard InChI is InChI=1S/C27H36N2O13S2/c1-10(31)28-15(9-43-44-14-5-3-11-6-13(32)4-2-12(11)7-14)26(40)29-17-19(34)18(33)16(8-30)41-27(17)42-25-23(38)21(36)20(35)22(37)24(25)39/h2-7,15-25,27,30,32-39H,8-9H2,1H3,(H,28,31)(H,29,40)/t15-,16+,17?,18+,19+,20?,21+,22+,23+,24+,25?,27+/m0/s1. The maximum Gasteiger partial charge on any atom is 0.243 e. The van der Waals surface area contributed by atoms with E-state index < -0.39 is 91.7 Å². The third kappa shape index (κ3) is 7.75. The van der Waals surface area contributed by atoms with Crippen LogP contribution in [0.5, 0.6) is 5.75 Å². The molecule has 44 heavy (non-hydrogen) atoms. The van der Waals surface area contributed by atoms with Crippen molar-refractivity contribution in [2.45, 2.75) is 85.1 Å². The molecule has 10 atom stereocenters. The lowest BCUT2D eigenvalue weighted by Gasteiger charge is -2.47. The fourth-order valence-electron chi connectivity index (χ4n) is 4.99. The molecule has 1 saturated heterocycles. The van der Waals surface area contributed by atoms with E-state index in [9.17, 15) is 55.5 Å². The molecule has 17 heteroatoms. The van der Waals surface area contributed by atoms with Gasteiger partial charge in [-0.2, -0.15) is 0 Å². The van der Waals surface area contributed by atoms with Gasteiger partial charge in [0, 0.05) is 17.6 Å². The lowest BCUT2D eigenvalue weighted by molar-refractivity contribution is -0.319. The topological polar surface area (TPSA) is 259 Å². The number of benzene rings is 2. The van der Waals surface area contributed by atoms with Crippen LogP contribution in [0.3, 0.4) is 0 Å². The molecule has 2 aromatic carbocycles. The number of phenolic OH excluding ortho intramolecular Hbond substituents is 1. The van der Waals surface area contributed by atoms with Crippen molar-refractivity contribution in [2.75, 3.05) is 12.4 Å². The van der Waals surface area contributed by atoms with Gasteiger partial charge in [0.2, 0.25) is 11.8 Å². The second-order valence-electron chi connectivity index (χ2n) is 10.6. The summed E-state index contributed by atoms with van der Waals surface area (Å²) in [5.74, 6) is -1.18. The van der Waals surface area contributed by atoms with E-state index in [4.69, 9.17) is 9.47 Å². The minimum atomic E-state index is -1.94. The normalized spacial score (nSPS) is 34.8. The molecule has 2 aliphatic rings. The fourth-order valence-corrected chi connectivity index (χ4v) is 7.20. The van der Waals surface area contributed by atoms with Crippen LogP contribution in [0.15, 0.2) is 41.3 Å². The number of aromatic hydroxyl groups is 1. The Hall–Kier alpha value is -2.26. The Bertz CT molecular complexity index is 1290. The van der Waals surface area contributed by atoms with Gasteiger partial charge in [-0.25, -0.2) is 0 Å². The highest BCUT2D eigenvalue weighted by Crippen LogP contribution is 2.34. The number of fused-ring (bicyclic) bond motifs is 1. The Morgan fingerprint density at radius 3 is 2.14 bits per heavy atom. The van der Waals surface area contributed by atoms with Gasteiger partial charge in [-0.3, -0.25) is 9.59 Å². The zero-order valence-electron chi connectivity index (χ0n) is 23.3. The number of amides is 2. The molecular weight excluding hydrogens is 624 g/mol. The molecule has 1 aliphatic heterocycles. The zero-order valence-corrected chi connectivity index (χ0v) is 24.9. The Kier molecular flexibility index (Phi) is 11.7. The van der Waals surface area contributed by atoms with Crippen molar-refractivity contribution >= 4 is 44.2 Å². The van der Waals surface area contributed by atoms with Gasteiger partial charge >= 0.3 is 0 Å². The highest BCUT2D eigenvalue weighted by molar-refractivity contribution is 8.76. The van der Waals surface area contributed by atoms with Crippen LogP contribution >= 0.6 is 21.6 Å². The van der Waals surface area contributed by atoms with Gasteiger partial charge in [0.05, 0.1) is 6.61 Å². The van der Waals surface area contributed by atoms with Crippen molar-refractivity contribution < 1.29 is 65.0 Å². The molecule has 4 rings (SSSR count). The van der Waals surface area contributed by atoms with Crippen LogP contribution in [0.1, 0.15) is 6.92 Å². The van der Waals surface area contributed by atoms with Crippen molar-refractivity contribution in [1.29, 1.82) is 0 Å². The van der Waals surface area contributed by atoms with Gasteiger partial charge in [0.15, 0.2) is 6.29 Å². The van der Waals surface area contributed by atoms with E-state index in [0.29, 0.717) is 0 Å². The van der Waals surface area contributed by atoms with Gasteiger partial charge in [-0.05, 0) is 35.0 Å². The van der Waals surface area contributed by atoms with Gasteiger partial charge in [0.25, 0.3) is 0 Å². The number of aliphatic hydroxyl groups excluding tert-OH is 8. The molecule has 2 fully saturated rings. The summed E-state index contributed by atoms with van der Waals surface area (Å²) >= 11 is 0. The smallest absolute Gasteiger partial charge is 0.243 e. The largest absolute Gasteiger partial charge is 0.508 e. The number of rotatable bonds is 10. The molecule has 1 aliphatic carbocycles. The third-order valence-corrected chi connectivity index (χ3v) is 9.81. The summed E-state index contributed by atoms with van der Waals surface area (Å²) in [6, 6.07) is 7.72. The highest BCUT2D eigenvalue weighted by Gasteiger charge is 2.53. The van der Waals surface area contributed by atoms with Gasteiger partial charge < -0.3 is 66.1 Å². The first-order chi connectivity index (χ1) is 20.8. The number of hydrogen-bond acceptors (Lipinski definition) is 15. The molecule has 1 unspecified atom stereocenters. The number of aliphatic hydroxyl groups is 8. The summed E-state index contributed by atoms with van der Waals surface area (Å²) in [4.78, 5) is 26.1. The van der Waals surface area contributed by atoms with Crippen molar-refractivity contribution in [2.24, 2.45) is 0 Å². The maximum absolute atomic E-state index is 13.4. The molecular formula is C27H36N2O13S2. The fraction of sp³-hybridized carbons (Fsp3) is 0.556. The maximum atomic E-state index is 13.4. The Morgan fingerprint density at radius 1 is 0.886 bits per heavy atom. The minimum Gasteiger partial charge on any atom is -0.508 e. The van der Waals surface area contributed by atoms with Gasteiger partial charge in [-0.15, -0.1) is 0 Å². The first-order valence-electron chi connectivity index (χ1n) is 13.6.